The van der Waals surface area contributed by atoms with Gasteiger partial charge in [-0.2, -0.15) is 0 Å². The number of esters is 1. The summed E-state index contributed by atoms with van der Waals surface area (Å²) >= 11 is 0. The highest BCUT2D eigenvalue weighted by Gasteiger charge is 2.27. The number of hydrogen-bond acceptors (Lipinski definition) is 4. The maximum Gasteiger partial charge on any atom is 0.343 e. The van der Waals surface area contributed by atoms with Gasteiger partial charge in [0.1, 0.15) is 5.75 Å². The van der Waals surface area contributed by atoms with Gasteiger partial charge in [-0.05, 0) is 79.8 Å². The third-order valence-corrected chi connectivity index (χ3v) is 7.08. The van der Waals surface area contributed by atoms with E-state index in [1.165, 1.54) is 36.4 Å². The van der Waals surface area contributed by atoms with Crippen LogP contribution in [0.5, 0.6) is 11.5 Å². The zero-order valence-corrected chi connectivity index (χ0v) is 22.5. The summed E-state index contributed by atoms with van der Waals surface area (Å²) in [6.07, 6.45) is 6.11. The molecule has 1 fully saturated rings. The van der Waals surface area contributed by atoms with Gasteiger partial charge in [-0.15, -0.1) is 0 Å². The van der Waals surface area contributed by atoms with E-state index in [-0.39, 0.29) is 34.6 Å². The van der Waals surface area contributed by atoms with E-state index in [0.29, 0.717) is 17.7 Å². The first kappa shape index (κ1) is 28.7. The Balaban J connectivity index is 1.40. The van der Waals surface area contributed by atoms with Gasteiger partial charge in [-0.1, -0.05) is 44.5 Å². The monoisotopic (exact) mass is 540 g/mol. The van der Waals surface area contributed by atoms with Crippen LogP contribution in [-0.2, 0) is 4.74 Å². The summed E-state index contributed by atoms with van der Waals surface area (Å²) in [5, 5.41) is 0. The van der Waals surface area contributed by atoms with Gasteiger partial charge in [0.25, 0.3) is 0 Å². The maximum atomic E-state index is 15.1. The number of carbonyl (C=O) groups excluding carboxylic acids is 1. The van der Waals surface area contributed by atoms with Gasteiger partial charge in [0.05, 0.1) is 18.3 Å². The first-order chi connectivity index (χ1) is 18.9. The van der Waals surface area contributed by atoms with Crippen LogP contribution in [0.4, 0.5) is 13.2 Å². The van der Waals surface area contributed by atoms with Gasteiger partial charge >= 0.3 is 5.97 Å². The molecule has 1 aliphatic carbocycles. The Morgan fingerprint density at radius 1 is 0.846 bits per heavy atom. The fourth-order valence-electron chi connectivity index (χ4n) is 4.87. The van der Waals surface area contributed by atoms with E-state index in [4.69, 9.17) is 14.2 Å². The molecule has 0 heterocycles. The normalized spacial score (nSPS) is 17.2. The van der Waals surface area contributed by atoms with Crippen LogP contribution in [0.2, 0.25) is 0 Å². The summed E-state index contributed by atoms with van der Waals surface area (Å²) in [5.41, 5.74) is 1.16. The third-order valence-electron chi connectivity index (χ3n) is 7.08. The molecule has 0 aromatic heterocycles. The van der Waals surface area contributed by atoms with E-state index in [9.17, 15) is 9.18 Å². The zero-order chi connectivity index (χ0) is 27.8. The Hall–Kier alpha value is -3.32. The first-order valence-corrected chi connectivity index (χ1v) is 13.8. The van der Waals surface area contributed by atoms with Crippen molar-refractivity contribution in [1.82, 2.24) is 0 Å². The molecule has 0 aliphatic heterocycles. The highest BCUT2D eigenvalue weighted by atomic mass is 19.2. The molecule has 7 heteroatoms. The van der Waals surface area contributed by atoms with Crippen molar-refractivity contribution in [2.45, 2.75) is 70.8 Å². The number of halogens is 3. The predicted octanol–water partition coefficient (Wildman–Crippen LogP) is 8.62. The molecule has 0 N–H and O–H groups in total. The highest BCUT2D eigenvalue weighted by Crippen LogP contribution is 2.38. The second-order valence-corrected chi connectivity index (χ2v) is 9.94. The van der Waals surface area contributed by atoms with Crippen molar-refractivity contribution in [2.24, 2.45) is 0 Å². The largest absolute Gasteiger partial charge is 0.491 e. The molecule has 0 spiro atoms. The van der Waals surface area contributed by atoms with Crippen LogP contribution in [-0.4, -0.2) is 25.3 Å². The molecule has 208 valence electrons. The zero-order valence-electron chi connectivity index (χ0n) is 22.5. The van der Waals surface area contributed by atoms with Crippen molar-refractivity contribution >= 4 is 5.97 Å². The van der Waals surface area contributed by atoms with Crippen LogP contribution >= 0.6 is 0 Å². The molecule has 39 heavy (non-hydrogen) atoms. The number of unbranched alkanes of at least 4 members (excludes halogenated alkanes) is 1. The van der Waals surface area contributed by atoms with Crippen LogP contribution in [0.15, 0.2) is 54.6 Å². The summed E-state index contributed by atoms with van der Waals surface area (Å²) in [5.74, 6) is -2.93. The molecule has 0 atom stereocenters. The van der Waals surface area contributed by atoms with Gasteiger partial charge in [-0.3, -0.25) is 0 Å². The van der Waals surface area contributed by atoms with E-state index >= 15 is 8.78 Å². The standard InChI is InChI=1S/C32H35F3O4/c1-3-5-19-38-29-17-14-25(20-28(29)33)39-32(36)23-8-6-21(7-9-23)26-15-16-27(31(35)30(26)34)22-10-12-24(13-11-22)37-18-4-2/h6-9,14-17,20,22,24H,3-5,10-13,18-19H2,1-2H3. The lowest BCUT2D eigenvalue weighted by Gasteiger charge is -2.29. The molecule has 0 bridgehead atoms. The number of carbonyl (C=O) groups is 1. The van der Waals surface area contributed by atoms with Crippen molar-refractivity contribution < 1.29 is 32.2 Å². The molecule has 0 radical (unpaired) electrons. The molecule has 4 rings (SSSR count). The number of hydrogen-bond donors (Lipinski definition) is 0. The van der Waals surface area contributed by atoms with E-state index in [1.54, 1.807) is 12.1 Å². The van der Waals surface area contributed by atoms with E-state index < -0.39 is 23.4 Å². The van der Waals surface area contributed by atoms with Gasteiger partial charge in [0.2, 0.25) is 0 Å². The molecule has 1 aliphatic rings. The van der Waals surface area contributed by atoms with E-state index in [0.717, 1.165) is 57.6 Å². The minimum atomic E-state index is -0.899. The fourth-order valence-corrected chi connectivity index (χ4v) is 4.87. The predicted molar refractivity (Wildman–Crippen MR) is 145 cm³/mol. The lowest BCUT2D eigenvalue weighted by molar-refractivity contribution is 0.0248. The van der Waals surface area contributed by atoms with E-state index in [1.807, 2.05) is 6.92 Å². The van der Waals surface area contributed by atoms with Crippen LogP contribution in [0.1, 0.15) is 80.6 Å². The quantitative estimate of drug-likeness (QED) is 0.139. The molecule has 0 amide bonds. The van der Waals surface area contributed by atoms with Gasteiger partial charge in [-0.25, -0.2) is 18.0 Å². The Morgan fingerprint density at radius 3 is 2.26 bits per heavy atom. The lowest BCUT2D eigenvalue weighted by Crippen LogP contribution is -2.21. The number of rotatable bonds is 11. The Bertz CT molecular complexity index is 1250. The Kier molecular flexibility index (Phi) is 10.0. The van der Waals surface area contributed by atoms with Gasteiger partial charge < -0.3 is 14.2 Å². The minimum absolute atomic E-state index is 0.0334. The molecule has 1 saturated carbocycles. The smallest absolute Gasteiger partial charge is 0.343 e. The molecular formula is C32H35F3O4. The van der Waals surface area contributed by atoms with Crippen molar-refractivity contribution in [1.29, 1.82) is 0 Å². The second kappa shape index (κ2) is 13.7. The lowest BCUT2D eigenvalue weighted by atomic mass is 9.82. The van der Waals surface area contributed by atoms with Crippen LogP contribution < -0.4 is 9.47 Å². The van der Waals surface area contributed by atoms with Crippen LogP contribution in [0.25, 0.3) is 11.1 Å². The van der Waals surface area contributed by atoms with Crippen LogP contribution in [0, 0.1) is 17.5 Å². The second-order valence-electron chi connectivity index (χ2n) is 9.94. The topological polar surface area (TPSA) is 44.8 Å². The van der Waals surface area contributed by atoms with Gasteiger partial charge in [0.15, 0.2) is 23.2 Å². The summed E-state index contributed by atoms with van der Waals surface area (Å²) < 4.78 is 61.0. The van der Waals surface area contributed by atoms with E-state index in [2.05, 4.69) is 6.92 Å². The number of benzene rings is 3. The van der Waals surface area contributed by atoms with Crippen LogP contribution in [0.3, 0.4) is 0 Å². The molecule has 0 unspecified atom stereocenters. The molecule has 0 saturated heterocycles. The molecule has 4 nitrogen and oxygen atoms in total. The highest BCUT2D eigenvalue weighted by molar-refractivity contribution is 5.91. The average molecular weight is 541 g/mol. The SMILES string of the molecule is CCCCOc1ccc(OC(=O)c2ccc(-c3ccc(C4CCC(OCCC)CC4)c(F)c3F)cc2)cc1F. The molecular weight excluding hydrogens is 505 g/mol. The summed E-state index contributed by atoms with van der Waals surface area (Å²) in [6, 6.07) is 13.2. The maximum absolute atomic E-state index is 15.1. The average Bonchev–Trinajstić information content (AvgIpc) is 2.95. The van der Waals surface area contributed by atoms with Crippen molar-refractivity contribution in [2.75, 3.05) is 13.2 Å². The fraction of sp³-hybridized carbons (Fsp3) is 0.406. The number of ether oxygens (including phenoxy) is 3. The Morgan fingerprint density at radius 2 is 1.59 bits per heavy atom. The first-order valence-electron chi connectivity index (χ1n) is 13.8. The molecule has 3 aromatic rings. The summed E-state index contributed by atoms with van der Waals surface area (Å²) in [6.45, 7) is 5.21. The summed E-state index contributed by atoms with van der Waals surface area (Å²) in [7, 11) is 0. The van der Waals surface area contributed by atoms with Gasteiger partial charge in [0, 0.05) is 18.2 Å². The Labute approximate surface area is 228 Å². The van der Waals surface area contributed by atoms with Crippen molar-refractivity contribution in [3.05, 3.63) is 83.2 Å². The minimum Gasteiger partial charge on any atom is -0.491 e. The molecule has 3 aromatic carbocycles. The van der Waals surface area contributed by atoms with Crippen molar-refractivity contribution in [3.63, 3.8) is 0 Å². The van der Waals surface area contributed by atoms with Crippen molar-refractivity contribution in [3.8, 4) is 22.6 Å². The summed E-state index contributed by atoms with van der Waals surface area (Å²) in [4.78, 5) is 12.6. The third kappa shape index (κ3) is 7.21.